The molecule has 1 aliphatic rings. The van der Waals surface area contributed by atoms with Crippen molar-refractivity contribution in [3.05, 3.63) is 75.9 Å². The lowest BCUT2D eigenvalue weighted by Gasteiger charge is -2.30. The molecule has 0 amide bonds. The van der Waals surface area contributed by atoms with Gasteiger partial charge in [-0.05, 0) is 42.0 Å². The number of aryl methyl sites for hydroxylation is 1. The van der Waals surface area contributed by atoms with Gasteiger partial charge in [0.15, 0.2) is 0 Å². The smallest absolute Gasteiger partial charge is 0.230 e. The molecule has 1 N–H and O–H groups in total. The average molecular weight is 405 g/mol. The van der Waals surface area contributed by atoms with Gasteiger partial charge in [-0.15, -0.1) is 5.10 Å². The molecular formula is C23H24N4OS. The van der Waals surface area contributed by atoms with E-state index in [-0.39, 0.29) is 11.9 Å². The Morgan fingerprint density at radius 1 is 1.03 bits per heavy atom. The summed E-state index contributed by atoms with van der Waals surface area (Å²) in [5.74, 6) is 1.34. The van der Waals surface area contributed by atoms with E-state index in [1.54, 1.807) is 4.52 Å². The molecule has 6 heteroatoms. The molecule has 2 aromatic heterocycles. The summed E-state index contributed by atoms with van der Waals surface area (Å²) in [4.78, 5) is 8.48. The van der Waals surface area contributed by atoms with Crippen LogP contribution in [0.5, 0.6) is 5.88 Å². The van der Waals surface area contributed by atoms with Crippen LogP contribution in [0.25, 0.3) is 4.96 Å². The molecule has 0 saturated heterocycles. The van der Waals surface area contributed by atoms with E-state index in [9.17, 15) is 5.11 Å². The lowest BCUT2D eigenvalue weighted by molar-refractivity contribution is 0.430. The third kappa shape index (κ3) is 2.99. The molecule has 148 valence electrons. The van der Waals surface area contributed by atoms with Crippen LogP contribution in [-0.2, 0) is 6.42 Å². The van der Waals surface area contributed by atoms with Crippen molar-refractivity contribution in [1.29, 1.82) is 0 Å². The van der Waals surface area contributed by atoms with E-state index >= 15 is 0 Å². The molecule has 0 bridgehead atoms. The zero-order valence-electron chi connectivity index (χ0n) is 16.8. The van der Waals surface area contributed by atoms with E-state index in [1.807, 2.05) is 6.92 Å². The summed E-state index contributed by atoms with van der Waals surface area (Å²) in [5, 5.41) is 15.4. The number of benzene rings is 2. The fraction of sp³-hybridized carbons (Fsp3) is 0.304. The first kappa shape index (κ1) is 18.2. The molecular weight excluding hydrogens is 380 g/mol. The Labute approximate surface area is 174 Å². The lowest BCUT2D eigenvalue weighted by atomic mass is 9.97. The van der Waals surface area contributed by atoms with Gasteiger partial charge in [0.2, 0.25) is 10.8 Å². The highest BCUT2D eigenvalue weighted by Crippen LogP contribution is 2.44. The van der Waals surface area contributed by atoms with Crippen LogP contribution in [0.15, 0.2) is 48.5 Å². The van der Waals surface area contributed by atoms with E-state index in [2.05, 4.69) is 77.4 Å². The van der Waals surface area contributed by atoms with E-state index in [0.29, 0.717) is 11.7 Å². The first-order chi connectivity index (χ1) is 14.0. The van der Waals surface area contributed by atoms with Gasteiger partial charge >= 0.3 is 0 Å². The zero-order valence-corrected chi connectivity index (χ0v) is 17.6. The van der Waals surface area contributed by atoms with E-state index in [0.717, 1.165) is 22.8 Å². The van der Waals surface area contributed by atoms with Gasteiger partial charge in [0.1, 0.15) is 5.82 Å². The van der Waals surface area contributed by atoms with Crippen LogP contribution in [0.1, 0.15) is 53.2 Å². The molecule has 4 aromatic rings. The van der Waals surface area contributed by atoms with Gasteiger partial charge in [-0.1, -0.05) is 67.6 Å². The third-order valence-corrected chi connectivity index (χ3v) is 6.78. The van der Waals surface area contributed by atoms with E-state index in [4.69, 9.17) is 0 Å². The van der Waals surface area contributed by atoms with E-state index < -0.39 is 0 Å². The van der Waals surface area contributed by atoms with Gasteiger partial charge in [-0.2, -0.15) is 4.52 Å². The van der Waals surface area contributed by atoms with Crippen LogP contribution in [0.3, 0.4) is 0 Å². The number of aromatic hydroxyl groups is 1. The molecule has 5 rings (SSSR count). The standard InChI is InChI=1S/C23H24N4OS/c1-14(2)16-8-10-18(11-9-16)20(26-13-12-17-6-4-5-7-19(17)26)21-22(28)27-23(29-21)24-15(3)25-27/h4-11,14,20,28H,12-13H2,1-3H3. The van der Waals surface area contributed by atoms with Gasteiger partial charge in [-0.25, -0.2) is 4.98 Å². The average Bonchev–Trinajstić information content (AvgIpc) is 3.38. The first-order valence-electron chi connectivity index (χ1n) is 10.0. The summed E-state index contributed by atoms with van der Waals surface area (Å²) in [6, 6.07) is 17.3. The summed E-state index contributed by atoms with van der Waals surface area (Å²) >= 11 is 1.52. The summed E-state index contributed by atoms with van der Waals surface area (Å²) < 4.78 is 1.56. The van der Waals surface area contributed by atoms with Crippen LogP contribution in [0.4, 0.5) is 5.69 Å². The van der Waals surface area contributed by atoms with Crippen molar-refractivity contribution < 1.29 is 5.11 Å². The number of para-hydroxylation sites is 1. The Morgan fingerprint density at radius 3 is 2.48 bits per heavy atom. The van der Waals surface area contributed by atoms with Crippen molar-refractivity contribution in [2.45, 2.75) is 39.2 Å². The Morgan fingerprint density at radius 2 is 1.76 bits per heavy atom. The lowest BCUT2D eigenvalue weighted by Crippen LogP contribution is -2.27. The SMILES string of the molecule is Cc1nc2sc(C(c3ccc(C(C)C)cc3)N3CCc4ccccc43)c(O)n2n1. The summed E-state index contributed by atoms with van der Waals surface area (Å²) in [6.45, 7) is 7.18. The fourth-order valence-electron chi connectivity index (χ4n) is 4.19. The number of hydrogen-bond donors (Lipinski definition) is 1. The number of anilines is 1. The third-order valence-electron chi connectivity index (χ3n) is 5.71. The second kappa shape index (κ2) is 6.88. The minimum Gasteiger partial charge on any atom is -0.492 e. The van der Waals surface area contributed by atoms with E-state index in [1.165, 1.54) is 33.7 Å². The van der Waals surface area contributed by atoms with Gasteiger partial charge in [0.05, 0.1) is 10.9 Å². The largest absolute Gasteiger partial charge is 0.492 e. The van der Waals surface area contributed by atoms with Crippen molar-refractivity contribution in [3.63, 3.8) is 0 Å². The van der Waals surface area contributed by atoms with Gasteiger partial charge < -0.3 is 10.0 Å². The molecule has 0 radical (unpaired) electrons. The maximum absolute atomic E-state index is 11.0. The Balaban J connectivity index is 1.67. The summed E-state index contributed by atoms with van der Waals surface area (Å²) in [7, 11) is 0. The van der Waals surface area contributed by atoms with Crippen molar-refractivity contribution in [2.75, 3.05) is 11.4 Å². The minimum atomic E-state index is -0.0753. The number of rotatable bonds is 4. The molecule has 0 spiro atoms. The highest BCUT2D eigenvalue weighted by molar-refractivity contribution is 7.17. The second-order valence-corrected chi connectivity index (χ2v) is 8.95. The molecule has 1 aliphatic heterocycles. The predicted octanol–water partition coefficient (Wildman–Crippen LogP) is 5.08. The maximum atomic E-state index is 11.0. The topological polar surface area (TPSA) is 53.7 Å². The maximum Gasteiger partial charge on any atom is 0.230 e. The van der Waals surface area contributed by atoms with Gasteiger partial charge in [-0.3, -0.25) is 0 Å². The quantitative estimate of drug-likeness (QED) is 0.515. The molecule has 1 unspecified atom stereocenters. The molecule has 3 heterocycles. The van der Waals surface area contributed by atoms with Crippen molar-refractivity contribution >= 4 is 22.0 Å². The molecule has 1 atom stereocenters. The fourth-order valence-corrected chi connectivity index (χ4v) is 5.34. The minimum absolute atomic E-state index is 0.0753. The Kier molecular flexibility index (Phi) is 4.32. The van der Waals surface area contributed by atoms with Crippen molar-refractivity contribution in [3.8, 4) is 5.88 Å². The number of fused-ring (bicyclic) bond motifs is 2. The van der Waals surface area contributed by atoms with Crippen molar-refractivity contribution in [1.82, 2.24) is 14.6 Å². The molecule has 0 aliphatic carbocycles. The number of aromatic nitrogens is 3. The summed E-state index contributed by atoms with van der Waals surface area (Å²) in [5.41, 5.74) is 5.07. The molecule has 0 saturated carbocycles. The normalized spacial score (nSPS) is 14.7. The van der Waals surface area contributed by atoms with Gasteiger partial charge in [0, 0.05) is 12.2 Å². The molecule has 29 heavy (non-hydrogen) atoms. The number of nitrogens with zero attached hydrogens (tertiary/aromatic N) is 4. The van der Waals surface area contributed by atoms with Gasteiger partial charge in [0.25, 0.3) is 0 Å². The number of hydrogen-bond acceptors (Lipinski definition) is 5. The van der Waals surface area contributed by atoms with Crippen molar-refractivity contribution in [2.24, 2.45) is 0 Å². The second-order valence-electron chi connectivity index (χ2n) is 7.94. The monoisotopic (exact) mass is 404 g/mol. The number of thiazole rings is 1. The van der Waals surface area contributed by atoms with Crippen LogP contribution in [0, 0.1) is 6.92 Å². The first-order valence-corrected chi connectivity index (χ1v) is 10.8. The highest BCUT2D eigenvalue weighted by atomic mass is 32.1. The molecule has 2 aromatic carbocycles. The highest BCUT2D eigenvalue weighted by Gasteiger charge is 2.33. The Hall–Kier alpha value is -2.86. The zero-order chi connectivity index (χ0) is 20.1. The summed E-state index contributed by atoms with van der Waals surface area (Å²) in [6.07, 6.45) is 1.01. The van der Waals surface area contributed by atoms with Crippen LogP contribution < -0.4 is 4.90 Å². The van der Waals surface area contributed by atoms with Crippen LogP contribution in [0.2, 0.25) is 0 Å². The molecule has 5 nitrogen and oxygen atoms in total. The Bertz CT molecular complexity index is 1180. The van der Waals surface area contributed by atoms with Crippen LogP contribution >= 0.6 is 11.3 Å². The molecule has 0 fully saturated rings. The van der Waals surface area contributed by atoms with Crippen LogP contribution in [-0.4, -0.2) is 26.2 Å². The predicted molar refractivity (Wildman–Crippen MR) is 117 cm³/mol.